The number of carbonyl (C=O) groups excluding carboxylic acids is 1. The molecule has 0 bridgehead atoms. The minimum atomic E-state index is -4.73. The van der Waals surface area contributed by atoms with Crippen LogP contribution in [-0.4, -0.2) is 26.1 Å². The monoisotopic (exact) mass is 349 g/mol. The van der Waals surface area contributed by atoms with Crippen molar-refractivity contribution in [3.8, 4) is 5.75 Å². The second kappa shape index (κ2) is 6.60. The standard InChI is InChI=1S/C17H16FNO4S/c18-24(21,22)16-10-17(20)19(11-16)14-7-4-8-15(9-14)23-12-13-5-2-1-3-6-13/h1-9,16H,10-12H2. The van der Waals surface area contributed by atoms with Crippen LogP contribution in [0.25, 0.3) is 0 Å². The van der Waals surface area contributed by atoms with Crippen LogP contribution in [0.5, 0.6) is 5.75 Å². The van der Waals surface area contributed by atoms with Crippen molar-refractivity contribution in [2.24, 2.45) is 0 Å². The first-order chi connectivity index (χ1) is 11.4. The minimum absolute atomic E-state index is 0.181. The van der Waals surface area contributed by atoms with E-state index in [2.05, 4.69) is 0 Å². The number of benzene rings is 2. The van der Waals surface area contributed by atoms with Gasteiger partial charge in [0, 0.05) is 24.7 Å². The number of hydrogen-bond donors (Lipinski definition) is 0. The van der Waals surface area contributed by atoms with Gasteiger partial charge in [-0.1, -0.05) is 36.4 Å². The third kappa shape index (κ3) is 3.73. The molecule has 0 radical (unpaired) electrons. The third-order valence-corrected chi connectivity index (χ3v) is 4.98. The molecule has 0 aliphatic carbocycles. The van der Waals surface area contributed by atoms with Gasteiger partial charge in [-0.15, -0.1) is 3.89 Å². The highest BCUT2D eigenvalue weighted by molar-refractivity contribution is 7.87. The second-order valence-corrected chi connectivity index (χ2v) is 7.20. The van der Waals surface area contributed by atoms with E-state index in [1.165, 1.54) is 4.90 Å². The Labute approximate surface area is 139 Å². The van der Waals surface area contributed by atoms with Gasteiger partial charge in [-0.2, -0.15) is 8.42 Å². The minimum Gasteiger partial charge on any atom is -0.489 e. The van der Waals surface area contributed by atoms with Gasteiger partial charge in [0.25, 0.3) is 0 Å². The quantitative estimate of drug-likeness (QED) is 0.779. The summed E-state index contributed by atoms with van der Waals surface area (Å²) in [5, 5.41) is -1.31. The van der Waals surface area contributed by atoms with Crippen molar-refractivity contribution >= 4 is 21.8 Å². The molecule has 7 heteroatoms. The lowest BCUT2D eigenvalue weighted by Crippen LogP contribution is -2.26. The van der Waals surface area contributed by atoms with Crippen molar-refractivity contribution in [1.82, 2.24) is 0 Å². The van der Waals surface area contributed by atoms with E-state index >= 15 is 0 Å². The molecule has 0 aromatic heterocycles. The molecule has 0 spiro atoms. The first-order valence-electron chi connectivity index (χ1n) is 7.44. The number of nitrogens with zero attached hydrogens (tertiary/aromatic N) is 1. The third-order valence-electron chi connectivity index (χ3n) is 3.87. The Hall–Kier alpha value is -2.41. The Morgan fingerprint density at radius 3 is 2.54 bits per heavy atom. The molecule has 1 aliphatic rings. The van der Waals surface area contributed by atoms with E-state index in [4.69, 9.17) is 4.74 Å². The summed E-state index contributed by atoms with van der Waals surface area (Å²) in [6.07, 6.45) is -0.339. The van der Waals surface area contributed by atoms with Crippen LogP contribution < -0.4 is 9.64 Å². The summed E-state index contributed by atoms with van der Waals surface area (Å²) in [5.74, 6) is 0.136. The van der Waals surface area contributed by atoms with Crippen LogP contribution in [0.1, 0.15) is 12.0 Å². The van der Waals surface area contributed by atoms with Crippen LogP contribution >= 0.6 is 0 Å². The van der Waals surface area contributed by atoms with Crippen molar-refractivity contribution in [2.45, 2.75) is 18.3 Å². The predicted octanol–water partition coefficient (Wildman–Crippen LogP) is 2.67. The molecule has 2 aromatic carbocycles. The predicted molar refractivity (Wildman–Crippen MR) is 88.0 cm³/mol. The summed E-state index contributed by atoms with van der Waals surface area (Å²) >= 11 is 0. The zero-order valence-electron chi connectivity index (χ0n) is 12.8. The van der Waals surface area contributed by atoms with E-state index in [-0.39, 0.29) is 13.0 Å². The molecule has 1 heterocycles. The molecule has 1 atom stereocenters. The SMILES string of the molecule is O=C1CC(S(=O)(=O)F)CN1c1cccc(OCc2ccccc2)c1. The summed E-state index contributed by atoms with van der Waals surface area (Å²) in [6, 6.07) is 16.4. The molecule has 1 saturated heterocycles. The molecule has 1 fully saturated rings. The Bertz CT molecular complexity index is 839. The lowest BCUT2D eigenvalue weighted by molar-refractivity contribution is -0.117. The molecule has 2 aromatic rings. The second-order valence-electron chi connectivity index (χ2n) is 5.58. The fourth-order valence-corrected chi connectivity index (χ4v) is 3.26. The number of amides is 1. The molecule has 5 nitrogen and oxygen atoms in total. The fraction of sp³-hybridized carbons (Fsp3) is 0.235. The highest BCUT2D eigenvalue weighted by Crippen LogP contribution is 2.28. The summed E-state index contributed by atoms with van der Waals surface area (Å²) in [5.41, 5.74) is 1.50. The number of carbonyl (C=O) groups is 1. The Kier molecular flexibility index (Phi) is 4.53. The van der Waals surface area contributed by atoms with Gasteiger partial charge in [-0.3, -0.25) is 4.79 Å². The Morgan fingerprint density at radius 2 is 1.88 bits per heavy atom. The van der Waals surface area contributed by atoms with Crippen LogP contribution in [0.2, 0.25) is 0 Å². The van der Waals surface area contributed by atoms with Gasteiger partial charge < -0.3 is 9.64 Å². The van der Waals surface area contributed by atoms with Gasteiger partial charge in [-0.05, 0) is 17.7 Å². The van der Waals surface area contributed by atoms with Crippen molar-refractivity contribution in [3.05, 3.63) is 60.2 Å². The fourth-order valence-electron chi connectivity index (χ4n) is 2.60. The summed E-state index contributed by atoms with van der Waals surface area (Å²) in [4.78, 5) is 13.3. The van der Waals surface area contributed by atoms with Crippen LogP contribution in [0.15, 0.2) is 54.6 Å². The topological polar surface area (TPSA) is 63.7 Å². The van der Waals surface area contributed by atoms with Crippen molar-refractivity contribution in [2.75, 3.05) is 11.4 Å². The van der Waals surface area contributed by atoms with Gasteiger partial charge in [0.1, 0.15) is 17.6 Å². The van der Waals surface area contributed by atoms with Crippen LogP contribution in [-0.2, 0) is 21.6 Å². The summed E-state index contributed by atoms with van der Waals surface area (Å²) in [6.45, 7) is 0.194. The summed E-state index contributed by atoms with van der Waals surface area (Å²) in [7, 11) is -4.73. The van der Waals surface area contributed by atoms with E-state index in [1.54, 1.807) is 24.3 Å². The van der Waals surface area contributed by atoms with Gasteiger partial charge >= 0.3 is 10.2 Å². The van der Waals surface area contributed by atoms with Gasteiger partial charge in [0.15, 0.2) is 0 Å². The first-order valence-corrected chi connectivity index (χ1v) is 8.89. The number of halogens is 1. The largest absolute Gasteiger partial charge is 0.489 e. The van der Waals surface area contributed by atoms with E-state index in [0.29, 0.717) is 18.0 Å². The van der Waals surface area contributed by atoms with E-state index < -0.39 is 21.4 Å². The first kappa shape index (κ1) is 16.4. The van der Waals surface area contributed by atoms with Gasteiger partial charge in [0.05, 0.1) is 0 Å². The maximum atomic E-state index is 13.1. The average Bonchev–Trinajstić information content (AvgIpc) is 2.96. The number of rotatable bonds is 5. The van der Waals surface area contributed by atoms with Gasteiger partial charge in [0.2, 0.25) is 5.91 Å². The lowest BCUT2D eigenvalue weighted by atomic mass is 10.2. The van der Waals surface area contributed by atoms with E-state index in [0.717, 1.165) is 5.56 Å². The molecule has 3 rings (SSSR count). The molecule has 126 valence electrons. The maximum Gasteiger partial charge on any atom is 0.307 e. The smallest absolute Gasteiger partial charge is 0.307 e. The normalized spacial score (nSPS) is 18.0. The van der Waals surface area contributed by atoms with Crippen LogP contribution in [0.3, 0.4) is 0 Å². The molecule has 1 aliphatic heterocycles. The number of ether oxygens (including phenoxy) is 1. The van der Waals surface area contributed by atoms with Crippen LogP contribution in [0, 0.1) is 0 Å². The molecule has 1 amide bonds. The highest BCUT2D eigenvalue weighted by Gasteiger charge is 2.39. The zero-order valence-corrected chi connectivity index (χ0v) is 13.6. The van der Waals surface area contributed by atoms with Crippen molar-refractivity contribution < 1.29 is 21.8 Å². The van der Waals surface area contributed by atoms with Crippen molar-refractivity contribution in [1.29, 1.82) is 0 Å². The molecular weight excluding hydrogens is 333 g/mol. The van der Waals surface area contributed by atoms with Crippen molar-refractivity contribution in [3.63, 3.8) is 0 Å². The average molecular weight is 349 g/mol. The molecule has 0 saturated carbocycles. The number of hydrogen-bond acceptors (Lipinski definition) is 4. The number of anilines is 1. The summed E-state index contributed by atoms with van der Waals surface area (Å²) < 4.78 is 40.8. The molecule has 0 N–H and O–H groups in total. The molecule has 1 unspecified atom stereocenters. The Balaban J connectivity index is 1.72. The highest BCUT2D eigenvalue weighted by atomic mass is 32.3. The van der Waals surface area contributed by atoms with E-state index in [1.807, 2.05) is 30.3 Å². The lowest BCUT2D eigenvalue weighted by Gasteiger charge is -2.17. The maximum absolute atomic E-state index is 13.1. The molecule has 24 heavy (non-hydrogen) atoms. The van der Waals surface area contributed by atoms with Crippen LogP contribution in [0.4, 0.5) is 9.57 Å². The Morgan fingerprint density at radius 1 is 1.12 bits per heavy atom. The zero-order chi connectivity index (χ0) is 17.2. The molecular formula is C17H16FNO4S. The van der Waals surface area contributed by atoms with Gasteiger partial charge in [-0.25, -0.2) is 0 Å². The van der Waals surface area contributed by atoms with E-state index in [9.17, 15) is 17.1 Å².